The van der Waals surface area contributed by atoms with Crippen LogP contribution in [0.5, 0.6) is 0 Å². The number of para-hydroxylation sites is 1. The normalized spacial score (nSPS) is 14.5. The molecule has 9 rings (SSSR count). The van der Waals surface area contributed by atoms with Gasteiger partial charge in [0.25, 0.3) is 0 Å². The van der Waals surface area contributed by atoms with Gasteiger partial charge in [-0.25, -0.2) is 15.0 Å². The lowest BCUT2D eigenvalue weighted by Gasteiger charge is -2.25. The van der Waals surface area contributed by atoms with E-state index in [9.17, 15) is 0 Å². The molecule has 1 aliphatic heterocycles. The van der Waals surface area contributed by atoms with Crippen molar-refractivity contribution in [1.82, 2.24) is 10.3 Å². The number of aromatic nitrogens is 1. The van der Waals surface area contributed by atoms with Gasteiger partial charge >= 0.3 is 0 Å². The van der Waals surface area contributed by atoms with Crippen molar-refractivity contribution < 1.29 is 0 Å². The monoisotopic (exact) mass is 614 g/mol. The number of pyridine rings is 1. The Morgan fingerprint density at radius 3 is 1.90 bits per heavy atom. The van der Waals surface area contributed by atoms with Crippen LogP contribution in [0.3, 0.4) is 0 Å². The van der Waals surface area contributed by atoms with Crippen LogP contribution in [0.2, 0.25) is 0 Å². The molecule has 0 bridgehead atoms. The summed E-state index contributed by atoms with van der Waals surface area (Å²) in [6.07, 6.45) is -0.381. The predicted octanol–water partition coefficient (Wildman–Crippen LogP) is 10.4. The van der Waals surface area contributed by atoms with Crippen LogP contribution < -0.4 is 5.32 Å². The second-order valence-electron chi connectivity index (χ2n) is 12.1. The number of rotatable bonds is 5. The Morgan fingerprint density at radius 1 is 0.458 bits per heavy atom. The van der Waals surface area contributed by atoms with Gasteiger partial charge in [0.15, 0.2) is 5.84 Å². The van der Waals surface area contributed by atoms with E-state index in [1.165, 1.54) is 21.7 Å². The summed E-state index contributed by atoms with van der Waals surface area (Å²) >= 11 is 0. The molecule has 1 unspecified atom stereocenters. The third-order valence-corrected chi connectivity index (χ3v) is 9.08. The lowest BCUT2D eigenvalue weighted by atomic mass is 9.92. The van der Waals surface area contributed by atoms with Crippen molar-refractivity contribution in [2.45, 2.75) is 6.17 Å². The molecule has 4 heteroatoms. The summed E-state index contributed by atoms with van der Waals surface area (Å²) in [6, 6.07) is 59.3. The van der Waals surface area contributed by atoms with Crippen molar-refractivity contribution in [1.29, 1.82) is 0 Å². The van der Waals surface area contributed by atoms with Crippen LogP contribution in [-0.2, 0) is 0 Å². The van der Waals surface area contributed by atoms with Crippen LogP contribution in [0.1, 0.15) is 22.9 Å². The van der Waals surface area contributed by atoms with Gasteiger partial charge in [0.05, 0.1) is 11.2 Å². The first-order valence-corrected chi connectivity index (χ1v) is 16.2. The van der Waals surface area contributed by atoms with Gasteiger partial charge < -0.3 is 5.32 Å². The van der Waals surface area contributed by atoms with E-state index in [4.69, 9.17) is 15.0 Å². The zero-order valence-electron chi connectivity index (χ0n) is 26.1. The number of fused-ring (bicyclic) bond motifs is 4. The fraction of sp³-hybridized carbons (Fsp3) is 0.0227. The van der Waals surface area contributed by atoms with Crippen molar-refractivity contribution in [2.24, 2.45) is 9.98 Å². The fourth-order valence-corrected chi connectivity index (χ4v) is 6.78. The quantitative estimate of drug-likeness (QED) is 0.196. The Balaban J connectivity index is 1.30. The number of benzene rings is 7. The van der Waals surface area contributed by atoms with Gasteiger partial charge in [0, 0.05) is 27.5 Å². The molecule has 0 saturated heterocycles. The summed E-state index contributed by atoms with van der Waals surface area (Å²) in [6.45, 7) is 0. The summed E-state index contributed by atoms with van der Waals surface area (Å²) < 4.78 is 0. The van der Waals surface area contributed by atoms with E-state index < -0.39 is 0 Å². The van der Waals surface area contributed by atoms with E-state index >= 15 is 0 Å². The third kappa shape index (κ3) is 5.01. The summed E-state index contributed by atoms with van der Waals surface area (Å²) in [7, 11) is 0. The van der Waals surface area contributed by atoms with Crippen LogP contribution in [0.15, 0.2) is 180 Å². The molecule has 2 heterocycles. The van der Waals surface area contributed by atoms with Crippen molar-refractivity contribution in [3.63, 3.8) is 0 Å². The summed E-state index contributed by atoms with van der Waals surface area (Å²) in [4.78, 5) is 15.6. The Kier molecular flexibility index (Phi) is 6.83. The molecule has 0 fully saturated rings. The van der Waals surface area contributed by atoms with E-state index in [2.05, 4.69) is 139 Å². The summed E-state index contributed by atoms with van der Waals surface area (Å²) in [5, 5.41) is 9.56. The van der Waals surface area contributed by atoms with Gasteiger partial charge in [0.2, 0.25) is 0 Å². The van der Waals surface area contributed by atoms with Gasteiger partial charge in [-0.1, -0.05) is 146 Å². The summed E-state index contributed by atoms with van der Waals surface area (Å²) in [5.41, 5.74) is 8.27. The maximum absolute atomic E-state index is 5.30. The minimum atomic E-state index is -0.381. The Bertz CT molecular complexity index is 2530. The first-order valence-electron chi connectivity index (χ1n) is 16.2. The molecule has 1 aliphatic rings. The standard InChI is InChI=1S/C44H30N4/c1-3-15-30(16-4-1)42-46-43(31-17-5-2-6-18-31)48-44(47-42)34-27-32(36-24-13-19-29-14-7-8-20-35(29)36)26-33(28-34)41-39-23-10-9-21-37(39)38-22-11-12-25-40(38)45-41/h1-28,44H,(H,46,47,48). The van der Waals surface area contributed by atoms with Gasteiger partial charge in [-0.3, -0.25) is 0 Å². The minimum absolute atomic E-state index is 0.381. The third-order valence-electron chi connectivity index (χ3n) is 9.08. The van der Waals surface area contributed by atoms with Crippen molar-refractivity contribution in [3.8, 4) is 22.4 Å². The number of hydrogen-bond acceptors (Lipinski definition) is 4. The van der Waals surface area contributed by atoms with E-state index in [1.54, 1.807) is 0 Å². The SMILES string of the molecule is c1ccc(C2=NC(c3cc(-c4cccc5ccccc45)cc(-c4nc5ccccc5c5ccccc45)c3)NC(c3ccccc3)=N2)cc1. The zero-order chi connectivity index (χ0) is 31.9. The lowest BCUT2D eigenvalue weighted by molar-refractivity contribution is 0.674. The Hall–Kier alpha value is -6.39. The van der Waals surface area contributed by atoms with Gasteiger partial charge in [-0.05, 0) is 57.1 Å². The molecule has 4 nitrogen and oxygen atoms in total. The van der Waals surface area contributed by atoms with Crippen LogP contribution in [0.25, 0.3) is 54.8 Å². The van der Waals surface area contributed by atoms with Gasteiger partial charge in [0.1, 0.15) is 12.0 Å². The highest BCUT2D eigenvalue weighted by Crippen LogP contribution is 2.38. The lowest BCUT2D eigenvalue weighted by Crippen LogP contribution is -2.33. The van der Waals surface area contributed by atoms with Gasteiger partial charge in [-0.15, -0.1) is 0 Å². The van der Waals surface area contributed by atoms with E-state index in [0.717, 1.165) is 55.6 Å². The molecule has 226 valence electrons. The molecule has 8 aromatic rings. The van der Waals surface area contributed by atoms with Crippen LogP contribution in [0, 0.1) is 0 Å². The maximum atomic E-state index is 5.30. The van der Waals surface area contributed by atoms with Crippen LogP contribution in [0.4, 0.5) is 0 Å². The first-order chi connectivity index (χ1) is 23.8. The molecule has 0 saturated carbocycles. The van der Waals surface area contributed by atoms with E-state index in [0.29, 0.717) is 5.84 Å². The van der Waals surface area contributed by atoms with Gasteiger partial charge in [-0.2, -0.15) is 0 Å². The first kappa shape index (κ1) is 27.9. The molecule has 7 aromatic carbocycles. The topological polar surface area (TPSA) is 49.6 Å². The Morgan fingerprint density at radius 2 is 1.08 bits per heavy atom. The highest BCUT2D eigenvalue weighted by molar-refractivity contribution is 6.13. The number of amidine groups is 2. The molecule has 0 spiro atoms. The molecule has 1 N–H and O–H groups in total. The second-order valence-corrected chi connectivity index (χ2v) is 12.1. The largest absolute Gasteiger partial charge is 0.344 e. The highest BCUT2D eigenvalue weighted by Gasteiger charge is 2.23. The van der Waals surface area contributed by atoms with Crippen LogP contribution in [-0.4, -0.2) is 16.7 Å². The zero-order valence-corrected chi connectivity index (χ0v) is 26.1. The molecule has 0 radical (unpaired) electrons. The molecule has 0 amide bonds. The number of nitrogens with one attached hydrogen (secondary N) is 1. The van der Waals surface area contributed by atoms with E-state index in [-0.39, 0.29) is 6.17 Å². The average molecular weight is 615 g/mol. The molecule has 1 aromatic heterocycles. The van der Waals surface area contributed by atoms with Crippen LogP contribution >= 0.6 is 0 Å². The van der Waals surface area contributed by atoms with E-state index in [1.807, 2.05) is 36.4 Å². The second kappa shape index (κ2) is 11.8. The van der Waals surface area contributed by atoms with Crippen molar-refractivity contribution >= 4 is 44.1 Å². The predicted molar refractivity (Wildman–Crippen MR) is 199 cm³/mol. The fourth-order valence-electron chi connectivity index (χ4n) is 6.78. The molecular weight excluding hydrogens is 585 g/mol. The molecular formula is C44H30N4. The summed E-state index contributed by atoms with van der Waals surface area (Å²) in [5.74, 6) is 1.49. The molecule has 48 heavy (non-hydrogen) atoms. The minimum Gasteiger partial charge on any atom is -0.344 e. The smallest absolute Gasteiger partial charge is 0.159 e. The molecule has 1 atom stereocenters. The number of nitrogens with zero attached hydrogens (tertiary/aromatic N) is 3. The van der Waals surface area contributed by atoms with Crippen molar-refractivity contribution in [2.75, 3.05) is 0 Å². The van der Waals surface area contributed by atoms with Crippen molar-refractivity contribution in [3.05, 3.63) is 187 Å². The number of hydrogen-bond donors (Lipinski definition) is 1. The maximum Gasteiger partial charge on any atom is 0.159 e. The number of aliphatic imine (C=N–C) groups is 2. The Labute approximate surface area is 278 Å². The highest BCUT2D eigenvalue weighted by atomic mass is 15.2. The molecule has 0 aliphatic carbocycles. The average Bonchev–Trinajstić information content (AvgIpc) is 3.17.